The van der Waals surface area contributed by atoms with Crippen LogP contribution in [0.1, 0.15) is 46.5 Å². The number of halogens is 1. The van der Waals surface area contributed by atoms with Gasteiger partial charge in [-0.3, -0.25) is 4.99 Å². The molecule has 3 N–H and O–H groups in total. The Labute approximate surface area is 123 Å². The molecule has 1 unspecified atom stereocenters. The van der Waals surface area contributed by atoms with E-state index in [1.807, 2.05) is 6.92 Å². The predicted molar refractivity (Wildman–Crippen MR) is 85.2 cm³/mol. The molecule has 0 aromatic heterocycles. The monoisotopic (exact) mass is 357 g/mol. The Morgan fingerprint density at radius 1 is 1.29 bits per heavy atom. The molecule has 17 heavy (non-hydrogen) atoms. The maximum absolute atomic E-state index is 8.73. The van der Waals surface area contributed by atoms with Crippen LogP contribution < -0.4 is 10.6 Å². The van der Waals surface area contributed by atoms with Crippen LogP contribution in [0.4, 0.5) is 0 Å². The van der Waals surface area contributed by atoms with E-state index < -0.39 is 0 Å². The Kier molecular flexibility index (Phi) is 15.9. The summed E-state index contributed by atoms with van der Waals surface area (Å²) in [6.45, 7) is 7.82. The van der Waals surface area contributed by atoms with Gasteiger partial charge < -0.3 is 15.7 Å². The van der Waals surface area contributed by atoms with Gasteiger partial charge in [0, 0.05) is 12.6 Å². The Balaban J connectivity index is 0. The molecular weight excluding hydrogens is 329 g/mol. The van der Waals surface area contributed by atoms with E-state index in [4.69, 9.17) is 5.11 Å². The molecule has 0 bridgehead atoms. The fourth-order valence-corrected chi connectivity index (χ4v) is 1.49. The molecule has 0 radical (unpaired) electrons. The van der Waals surface area contributed by atoms with Gasteiger partial charge in [0.15, 0.2) is 5.96 Å². The highest BCUT2D eigenvalue weighted by Crippen LogP contribution is 2.02. The lowest BCUT2D eigenvalue weighted by molar-refractivity contribution is 0.306. The second-order valence-electron chi connectivity index (χ2n) is 4.03. The molecule has 0 aliphatic carbocycles. The van der Waals surface area contributed by atoms with Crippen molar-refractivity contribution in [2.24, 2.45) is 4.99 Å². The van der Waals surface area contributed by atoms with Gasteiger partial charge >= 0.3 is 0 Å². The average molecular weight is 357 g/mol. The maximum Gasteiger partial charge on any atom is 0.191 e. The summed E-state index contributed by atoms with van der Waals surface area (Å²) in [7, 11) is 0. The molecule has 104 valence electrons. The highest BCUT2D eigenvalue weighted by molar-refractivity contribution is 14.0. The van der Waals surface area contributed by atoms with Gasteiger partial charge in [-0.15, -0.1) is 24.0 Å². The third-order valence-electron chi connectivity index (χ3n) is 2.34. The fraction of sp³-hybridized carbons (Fsp3) is 0.917. The lowest BCUT2D eigenvalue weighted by Gasteiger charge is -2.17. The van der Waals surface area contributed by atoms with Crippen LogP contribution in [-0.4, -0.2) is 36.8 Å². The highest BCUT2D eigenvalue weighted by Gasteiger charge is 2.03. The molecule has 0 saturated carbocycles. The number of aliphatic hydroxyl groups is 1. The van der Waals surface area contributed by atoms with Gasteiger partial charge in [0.2, 0.25) is 0 Å². The zero-order valence-corrected chi connectivity index (χ0v) is 13.7. The van der Waals surface area contributed by atoms with Gasteiger partial charge in [-0.25, -0.2) is 0 Å². The molecule has 0 rings (SSSR count). The number of unbranched alkanes of at least 4 members (excludes halogenated alkanes) is 2. The molecule has 1 atom stereocenters. The number of aliphatic imine (C=N–C) groups is 1. The summed E-state index contributed by atoms with van der Waals surface area (Å²) in [4.78, 5) is 4.24. The van der Waals surface area contributed by atoms with Crippen LogP contribution in [0.3, 0.4) is 0 Å². The van der Waals surface area contributed by atoms with E-state index >= 15 is 0 Å². The molecule has 0 aliphatic heterocycles. The van der Waals surface area contributed by atoms with Crippen molar-refractivity contribution in [1.82, 2.24) is 10.6 Å². The summed E-state index contributed by atoms with van der Waals surface area (Å²) < 4.78 is 0. The van der Waals surface area contributed by atoms with E-state index in [0.717, 1.165) is 18.9 Å². The van der Waals surface area contributed by atoms with Crippen molar-refractivity contribution in [1.29, 1.82) is 0 Å². The first kappa shape index (κ1) is 19.3. The molecule has 0 amide bonds. The standard InChI is InChI=1S/C12H27N3O.HI/c1-4-6-7-8-11(3)15-12(13-5-2)14-9-10-16;/h11,16H,4-10H2,1-3H3,(H2,13,14,15);1H. The average Bonchev–Trinajstić information content (AvgIpc) is 2.26. The maximum atomic E-state index is 8.73. The molecule has 0 aromatic rings. The third kappa shape index (κ3) is 12.2. The second-order valence-corrected chi connectivity index (χ2v) is 4.03. The quantitative estimate of drug-likeness (QED) is 0.270. The zero-order chi connectivity index (χ0) is 12.2. The Hall–Kier alpha value is -0.0400. The van der Waals surface area contributed by atoms with Crippen LogP contribution in [0, 0.1) is 0 Å². The van der Waals surface area contributed by atoms with E-state index in [9.17, 15) is 0 Å². The molecule has 0 aromatic carbocycles. The minimum absolute atomic E-state index is 0. The van der Waals surface area contributed by atoms with Crippen molar-refractivity contribution in [2.45, 2.75) is 52.5 Å². The first-order valence-electron chi connectivity index (χ1n) is 6.40. The van der Waals surface area contributed by atoms with Crippen LogP contribution >= 0.6 is 24.0 Å². The Morgan fingerprint density at radius 3 is 2.53 bits per heavy atom. The minimum atomic E-state index is 0. The van der Waals surface area contributed by atoms with Crippen molar-refractivity contribution >= 4 is 29.9 Å². The Bertz CT molecular complexity index is 189. The van der Waals surface area contributed by atoms with Crippen molar-refractivity contribution in [3.8, 4) is 0 Å². The summed E-state index contributed by atoms with van der Waals surface area (Å²) in [6, 6.07) is 0.433. The number of hydrogen-bond donors (Lipinski definition) is 3. The lowest BCUT2D eigenvalue weighted by Crippen LogP contribution is -2.42. The van der Waals surface area contributed by atoms with Crippen molar-refractivity contribution < 1.29 is 5.11 Å². The van der Waals surface area contributed by atoms with Crippen LogP contribution in [0.5, 0.6) is 0 Å². The normalized spacial score (nSPS) is 12.8. The van der Waals surface area contributed by atoms with E-state index in [1.165, 1.54) is 19.3 Å². The van der Waals surface area contributed by atoms with Gasteiger partial charge in [-0.2, -0.15) is 0 Å². The predicted octanol–water partition coefficient (Wildman–Crippen LogP) is 2.12. The van der Waals surface area contributed by atoms with E-state index in [-0.39, 0.29) is 30.6 Å². The van der Waals surface area contributed by atoms with Crippen molar-refractivity contribution in [3.05, 3.63) is 0 Å². The molecule has 4 nitrogen and oxygen atoms in total. The summed E-state index contributed by atoms with van der Waals surface area (Å²) >= 11 is 0. The number of aliphatic hydroxyl groups excluding tert-OH is 1. The summed E-state index contributed by atoms with van der Waals surface area (Å²) in [5.74, 6) is 0.806. The third-order valence-corrected chi connectivity index (χ3v) is 2.34. The molecular formula is C12H28IN3O. The van der Waals surface area contributed by atoms with Crippen LogP contribution in [0.2, 0.25) is 0 Å². The van der Waals surface area contributed by atoms with Crippen LogP contribution in [0.15, 0.2) is 4.99 Å². The van der Waals surface area contributed by atoms with Crippen LogP contribution in [0.25, 0.3) is 0 Å². The van der Waals surface area contributed by atoms with E-state index in [0.29, 0.717) is 12.6 Å². The highest BCUT2D eigenvalue weighted by atomic mass is 127. The minimum Gasteiger partial charge on any atom is -0.394 e. The van der Waals surface area contributed by atoms with Gasteiger partial charge in [0.05, 0.1) is 13.2 Å². The van der Waals surface area contributed by atoms with Gasteiger partial charge in [0.1, 0.15) is 0 Å². The van der Waals surface area contributed by atoms with Crippen LogP contribution in [-0.2, 0) is 0 Å². The first-order chi connectivity index (χ1) is 7.74. The lowest BCUT2D eigenvalue weighted by atomic mass is 10.1. The molecule has 0 saturated heterocycles. The first-order valence-corrected chi connectivity index (χ1v) is 6.40. The SMILES string of the molecule is CCCCCC(C)NC(=NCCO)NCC.I. The molecule has 0 heterocycles. The largest absolute Gasteiger partial charge is 0.394 e. The molecule has 0 fully saturated rings. The number of guanidine groups is 1. The Morgan fingerprint density at radius 2 is 2.00 bits per heavy atom. The smallest absolute Gasteiger partial charge is 0.191 e. The number of hydrogen-bond acceptors (Lipinski definition) is 2. The fourth-order valence-electron chi connectivity index (χ4n) is 1.49. The molecule has 5 heteroatoms. The number of rotatable bonds is 8. The summed E-state index contributed by atoms with van der Waals surface area (Å²) in [5, 5.41) is 15.2. The number of nitrogens with zero attached hydrogens (tertiary/aromatic N) is 1. The summed E-state index contributed by atoms with van der Waals surface area (Å²) in [6.07, 6.45) is 4.96. The van der Waals surface area contributed by atoms with E-state index in [1.54, 1.807) is 0 Å². The van der Waals surface area contributed by atoms with Gasteiger partial charge in [-0.1, -0.05) is 26.2 Å². The van der Waals surface area contributed by atoms with Gasteiger partial charge in [-0.05, 0) is 20.3 Å². The van der Waals surface area contributed by atoms with Crippen molar-refractivity contribution in [3.63, 3.8) is 0 Å². The topological polar surface area (TPSA) is 56.7 Å². The number of nitrogens with one attached hydrogen (secondary N) is 2. The summed E-state index contributed by atoms with van der Waals surface area (Å²) in [5.41, 5.74) is 0. The zero-order valence-electron chi connectivity index (χ0n) is 11.3. The van der Waals surface area contributed by atoms with Gasteiger partial charge in [0.25, 0.3) is 0 Å². The molecule has 0 aliphatic rings. The van der Waals surface area contributed by atoms with E-state index in [2.05, 4.69) is 29.5 Å². The van der Waals surface area contributed by atoms with Crippen molar-refractivity contribution in [2.75, 3.05) is 19.7 Å². The molecule has 0 spiro atoms. The second kappa shape index (κ2) is 14.0.